The smallest absolute Gasteiger partial charge is 0.227 e. The van der Waals surface area contributed by atoms with Gasteiger partial charge in [-0.15, -0.1) is 11.3 Å². The van der Waals surface area contributed by atoms with Gasteiger partial charge in [-0.3, -0.25) is 0 Å². The number of oxazole rings is 1. The van der Waals surface area contributed by atoms with Gasteiger partial charge in [-0.2, -0.15) is 0 Å². The van der Waals surface area contributed by atoms with Crippen molar-refractivity contribution < 1.29 is 8.83 Å². The second kappa shape index (κ2) is 9.06. The van der Waals surface area contributed by atoms with Crippen molar-refractivity contribution in [2.45, 2.75) is 0 Å². The molecule has 0 aliphatic rings. The number of para-hydroxylation sites is 2. The third-order valence-corrected chi connectivity index (χ3v) is 9.01. The summed E-state index contributed by atoms with van der Waals surface area (Å²) in [5, 5.41) is 4.63. The monoisotopic (exact) mass is 558 g/mol. The molecular weight excluding hydrogens is 536 g/mol. The van der Waals surface area contributed by atoms with E-state index in [-0.39, 0.29) is 0 Å². The molecule has 0 aliphatic carbocycles. The maximum Gasteiger partial charge on any atom is 0.227 e. The third kappa shape index (κ3) is 3.64. The summed E-state index contributed by atoms with van der Waals surface area (Å²) in [4.78, 5) is 7.13. The van der Waals surface area contributed by atoms with Crippen molar-refractivity contribution in [3.8, 4) is 11.5 Å². The zero-order valence-corrected chi connectivity index (χ0v) is 23.1. The van der Waals surface area contributed by atoms with Crippen molar-refractivity contribution >= 4 is 81.6 Å². The molecule has 0 saturated carbocycles. The number of nitrogens with zero attached hydrogens (tertiary/aromatic N) is 2. The predicted molar refractivity (Wildman–Crippen MR) is 174 cm³/mol. The lowest BCUT2D eigenvalue weighted by Gasteiger charge is -2.25. The molecule has 9 rings (SSSR count). The van der Waals surface area contributed by atoms with Crippen LogP contribution in [0.15, 0.2) is 142 Å². The van der Waals surface area contributed by atoms with E-state index in [0.29, 0.717) is 5.89 Å². The van der Waals surface area contributed by atoms with Gasteiger partial charge in [0.25, 0.3) is 0 Å². The van der Waals surface area contributed by atoms with E-state index < -0.39 is 0 Å². The average molecular weight is 559 g/mol. The summed E-state index contributed by atoms with van der Waals surface area (Å²) in [6.45, 7) is 0. The second-order valence-corrected chi connectivity index (χ2v) is 11.5. The maximum absolute atomic E-state index is 6.26. The summed E-state index contributed by atoms with van der Waals surface area (Å²) < 4.78 is 14.8. The van der Waals surface area contributed by atoms with Crippen LogP contribution in [0.1, 0.15) is 0 Å². The minimum atomic E-state index is 0.643. The van der Waals surface area contributed by atoms with Crippen LogP contribution in [0.25, 0.3) is 64.7 Å². The van der Waals surface area contributed by atoms with E-state index in [1.54, 1.807) is 11.3 Å². The van der Waals surface area contributed by atoms with E-state index in [1.165, 1.54) is 20.2 Å². The lowest BCUT2D eigenvalue weighted by atomic mass is 10.1. The quantitative estimate of drug-likeness (QED) is 0.215. The van der Waals surface area contributed by atoms with E-state index in [0.717, 1.165) is 55.7 Å². The fourth-order valence-electron chi connectivity index (χ4n) is 5.91. The van der Waals surface area contributed by atoms with Crippen LogP contribution in [0.3, 0.4) is 0 Å². The van der Waals surface area contributed by atoms with Gasteiger partial charge in [-0.25, -0.2) is 4.98 Å². The molecule has 4 nitrogen and oxygen atoms in total. The van der Waals surface area contributed by atoms with E-state index in [2.05, 4.69) is 89.8 Å². The molecule has 198 valence electrons. The minimum Gasteiger partial charge on any atom is -0.456 e. The molecule has 0 amide bonds. The first kappa shape index (κ1) is 23.3. The van der Waals surface area contributed by atoms with Crippen LogP contribution in [0, 0.1) is 0 Å². The Hall–Kier alpha value is -5.39. The highest BCUT2D eigenvalue weighted by Crippen LogP contribution is 2.43. The molecular formula is C37H22N2O2S. The summed E-state index contributed by atoms with van der Waals surface area (Å²) in [7, 11) is 0. The average Bonchev–Trinajstić information content (AvgIpc) is 3.73. The number of hydrogen-bond donors (Lipinski definition) is 0. The van der Waals surface area contributed by atoms with E-state index in [9.17, 15) is 0 Å². The molecule has 0 bridgehead atoms. The molecule has 42 heavy (non-hydrogen) atoms. The Labute approximate surface area is 244 Å². The standard InChI is InChI=1S/C37H22N2O2S/c1-3-9-23(10-4-1)37-38-31-21-30-29-19-25(16-18-35(29)42-36(30)22-34(31)41-37)39(24-11-5-2-6-12-24)26-15-17-28-27-13-7-8-14-32(27)40-33(28)20-26/h1-22H. The summed E-state index contributed by atoms with van der Waals surface area (Å²) in [6, 6.07) is 46.2. The first-order chi connectivity index (χ1) is 20.8. The van der Waals surface area contributed by atoms with Crippen molar-refractivity contribution in [1.82, 2.24) is 4.98 Å². The van der Waals surface area contributed by atoms with Crippen molar-refractivity contribution in [3.63, 3.8) is 0 Å². The number of fused-ring (bicyclic) bond motifs is 7. The molecule has 9 aromatic rings. The number of anilines is 3. The second-order valence-electron chi connectivity index (χ2n) is 10.4. The van der Waals surface area contributed by atoms with Crippen molar-refractivity contribution in [2.75, 3.05) is 4.90 Å². The molecule has 0 aliphatic heterocycles. The molecule has 5 heteroatoms. The normalized spacial score (nSPS) is 11.8. The number of furan rings is 1. The number of hydrogen-bond acceptors (Lipinski definition) is 5. The Morgan fingerprint density at radius 3 is 2.07 bits per heavy atom. The summed E-state index contributed by atoms with van der Waals surface area (Å²) >= 11 is 1.78. The summed E-state index contributed by atoms with van der Waals surface area (Å²) in [5.41, 5.74) is 7.62. The summed E-state index contributed by atoms with van der Waals surface area (Å²) in [5.74, 6) is 0.643. The van der Waals surface area contributed by atoms with E-state index >= 15 is 0 Å². The zero-order chi connectivity index (χ0) is 27.6. The van der Waals surface area contributed by atoms with E-state index in [1.807, 2.05) is 48.5 Å². The van der Waals surface area contributed by atoms with Crippen LogP contribution in [0.5, 0.6) is 0 Å². The Morgan fingerprint density at radius 2 is 1.19 bits per heavy atom. The van der Waals surface area contributed by atoms with Crippen LogP contribution in [0.2, 0.25) is 0 Å². The van der Waals surface area contributed by atoms with Crippen LogP contribution < -0.4 is 4.90 Å². The van der Waals surface area contributed by atoms with Crippen LogP contribution >= 0.6 is 11.3 Å². The number of benzene rings is 6. The lowest BCUT2D eigenvalue weighted by Crippen LogP contribution is -2.09. The highest BCUT2D eigenvalue weighted by molar-refractivity contribution is 7.25. The first-order valence-corrected chi connectivity index (χ1v) is 14.7. The maximum atomic E-state index is 6.26. The third-order valence-electron chi connectivity index (χ3n) is 7.88. The van der Waals surface area contributed by atoms with Crippen molar-refractivity contribution in [3.05, 3.63) is 133 Å². The lowest BCUT2D eigenvalue weighted by molar-refractivity contribution is 0.620. The highest BCUT2D eigenvalue weighted by atomic mass is 32.1. The van der Waals surface area contributed by atoms with Gasteiger partial charge in [0.2, 0.25) is 5.89 Å². The van der Waals surface area contributed by atoms with Crippen LogP contribution in [-0.2, 0) is 0 Å². The Bertz CT molecular complexity index is 2420. The topological polar surface area (TPSA) is 42.4 Å². The van der Waals surface area contributed by atoms with Gasteiger partial charge < -0.3 is 13.7 Å². The number of rotatable bonds is 4. The van der Waals surface area contributed by atoms with E-state index in [4.69, 9.17) is 13.8 Å². The largest absolute Gasteiger partial charge is 0.456 e. The fraction of sp³-hybridized carbons (Fsp3) is 0. The Kier molecular flexibility index (Phi) is 5.03. The van der Waals surface area contributed by atoms with Crippen LogP contribution in [0.4, 0.5) is 17.1 Å². The van der Waals surface area contributed by atoms with Crippen molar-refractivity contribution in [1.29, 1.82) is 0 Å². The fourth-order valence-corrected chi connectivity index (χ4v) is 7.00. The number of aromatic nitrogens is 1. The molecule has 0 spiro atoms. The molecule has 3 heterocycles. The summed E-state index contributed by atoms with van der Waals surface area (Å²) in [6.07, 6.45) is 0. The van der Waals surface area contributed by atoms with Gasteiger partial charge >= 0.3 is 0 Å². The van der Waals surface area contributed by atoms with Gasteiger partial charge in [0.15, 0.2) is 5.58 Å². The number of thiophene rings is 1. The van der Waals surface area contributed by atoms with Gasteiger partial charge in [0.1, 0.15) is 16.7 Å². The van der Waals surface area contributed by atoms with Gasteiger partial charge in [-0.1, -0.05) is 54.6 Å². The zero-order valence-electron chi connectivity index (χ0n) is 22.3. The Morgan fingerprint density at radius 1 is 0.476 bits per heavy atom. The Balaban J connectivity index is 1.22. The minimum absolute atomic E-state index is 0.643. The molecule has 3 aromatic heterocycles. The highest BCUT2D eigenvalue weighted by Gasteiger charge is 2.18. The first-order valence-electron chi connectivity index (χ1n) is 13.9. The molecule has 6 aromatic carbocycles. The predicted octanol–water partition coefficient (Wildman–Crippen LogP) is 11.2. The van der Waals surface area contributed by atoms with Crippen LogP contribution in [-0.4, -0.2) is 4.98 Å². The van der Waals surface area contributed by atoms with Gasteiger partial charge in [-0.05, 0) is 66.7 Å². The van der Waals surface area contributed by atoms with Gasteiger partial charge in [0.05, 0.1) is 0 Å². The molecule has 0 N–H and O–H groups in total. The SMILES string of the molecule is c1ccc(-c2nc3cc4c(cc3o2)sc2ccc(N(c3ccccc3)c3ccc5c(c3)oc3ccccc35)cc24)cc1. The molecule has 0 saturated heterocycles. The molecule has 0 radical (unpaired) electrons. The van der Waals surface area contributed by atoms with Gasteiger partial charge in [0, 0.05) is 65.7 Å². The molecule has 0 atom stereocenters. The van der Waals surface area contributed by atoms with Crippen molar-refractivity contribution in [2.24, 2.45) is 0 Å². The molecule has 0 fully saturated rings. The molecule has 0 unspecified atom stereocenters.